The Morgan fingerprint density at radius 2 is 1.78 bits per heavy atom. The number of rotatable bonds is 5. The third-order valence-electron chi connectivity index (χ3n) is 8.14. The van der Waals surface area contributed by atoms with E-state index < -0.39 is 102 Å². The van der Waals surface area contributed by atoms with Crippen LogP contribution >= 0.6 is 14.5 Å². The second kappa shape index (κ2) is 13.4. The average Bonchev–Trinajstić information content (AvgIpc) is 3.80. The SMILES string of the molecule is Nc1nc2c(ncn2[C@@H]2O[C@@H]3COP(=O)(O)OC4C(O)[C@H](n5ccc6c(N)ncnc65)O[C@@H]4COP(O)(=S)OC2C3OCCC(F)(F)F)c(=O)[nH]1. The number of phosphoric ester groups is 1. The number of phosphoric acid groups is 1. The van der Waals surface area contributed by atoms with Crippen LogP contribution in [0.5, 0.6) is 0 Å². The fraction of sp³-hybridized carbons (Fsp3) is 0.542. The Kier molecular flexibility index (Phi) is 9.48. The van der Waals surface area contributed by atoms with Crippen LogP contribution in [-0.4, -0.2) is 112 Å². The van der Waals surface area contributed by atoms with Crippen LogP contribution in [-0.2, 0) is 48.7 Å². The number of nitrogens with zero attached hydrogens (tertiary/aromatic N) is 6. The summed E-state index contributed by atoms with van der Waals surface area (Å²) in [6, 6.07) is 1.55. The highest BCUT2D eigenvalue weighted by Crippen LogP contribution is 2.54. The summed E-state index contributed by atoms with van der Waals surface area (Å²) >= 11 is 5.27. The van der Waals surface area contributed by atoms with E-state index in [-0.39, 0.29) is 28.6 Å². The maximum absolute atomic E-state index is 13.4. The van der Waals surface area contributed by atoms with E-state index in [4.69, 9.17) is 55.6 Å². The summed E-state index contributed by atoms with van der Waals surface area (Å²) in [5.74, 6) is -0.195. The summed E-state index contributed by atoms with van der Waals surface area (Å²) in [6.45, 7) is -7.02. The highest BCUT2D eigenvalue weighted by Gasteiger charge is 2.54. The lowest BCUT2D eigenvalue weighted by Crippen LogP contribution is -2.38. The van der Waals surface area contributed by atoms with Crippen molar-refractivity contribution in [2.24, 2.45) is 0 Å². The van der Waals surface area contributed by atoms with Gasteiger partial charge in [-0.05, 0) is 17.9 Å². The minimum absolute atomic E-state index is 0.130. The first kappa shape index (κ1) is 36.2. The Hall–Kier alpha value is -3.16. The first-order valence-corrected chi connectivity index (χ1v) is 18.9. The summed E-state index contributed by atoms with van der Waals surface area (Å²) < 4.78 is 94.7. The molecule has 51 heavy (non-hydrogen) atoms. The fourth-order valence-corrected chi connectivity index (χ4v) is 8.31. The van der Waals surface area contributed by atoms with Gasteiger partial charge in [0.1, 0.15) is 54.4 Å². The average molecular weight is 786 g/mol. The molecule has 6 unspecified atom stereocenters. The largest absolute Gasteiger partial charge is 0.472 e. The van der Waals surface area contributed by atoms with E-state index >= 15 is 0 Å². The number of alkyl halides is 3. The number of nitrogens with two attached hydrogens (primary N) is 2. The molecular weight excluding hydrogens is 757 g/mol. The predicted octanol–water partition coefficient (Wildman–Crippen LogP) is 0.357. The molecule has 3 aliphatic heterocycles. The molecule has 4 aromatic heterocycles. The van der Waals surface area contributed by atoms with Crippen molar-refractivity contribution in [3.8, 4) is 0 Å². The van der Waals surface area contributed by atoms with Crippen molar-refractivity contribution in [2.45, 2.75) is 61.7 Å². The van der Waals surface area contributed by atoms with Crippen LogP contribution in [0.4, 0.5) is 24.9 Å². The molecule has 7 heterocycles. The van der Waals surface area contributed by atoms with Crippen LogP contribution in [0.1, 0.15) is 18.9 Å². The number of halogens is 3. The van der Waals surface area contributed by atoms with Crippen LogP contribution in [0.2, 0.25) is 0 Å². The van der Waals surface area contributed by atoms with Crippen molar-refractivity contribution >= 4 is 60.3 Å². The Labute approximate surface area is 287 Å². The number of nitrogens with one attached hydrogen (secondary N) is 1. The summed E-state index contributed by atoms with van der Waals surface area (Å²) in [6.07, 6.45) is -14.7. The standard InChI is InChI=1S/C24H28F3N9O12P2S/c25-24(26,27)2-4-42-15-11-5-43-49(39,40)47-14-10(45-21(13(14)37)35-3-1-9-17(28)30-7-31-18(9)35)6-44-50(41,51)48-16(15)22(46-11)36-8-32-12-19(36)33-23(29)34-20(12)38/h1,3,7-8,10-11,13-16,21-22,37H,2,4-6H2,(H,39,40)(H,41,51)(H2,28,30,31)(H3,29,33,34,38)/t10-,11-,13?,14?,15?,16?,21-,22-,50?/m1/s1. The monoisotopic (exact) mass is 785 g/mol. The predicted molar refractivity (Wildman–Crippen MR) is 167 cm³/mol. The van der Waals surface area contributed by atoms with Crippen LogP contribution in [0, 0.1) is 0 Å². The minimum Gasteiger partial charge on any atom is -0.386 e. The Bertz CT molecular complexity index is 2100. The van der Waals surface area contributed by atoms with Gasteiger partial charge in [-0.25, -0.2) is 19.5 Å². The molecule has 0 aromatic carbocycles. The molecule has 3 aliphatic rings. The molecule has 3 fully saturated rings. The number of hydrogen-bond donors (Lipinski definition) is 6. The van der Waals surface area contributed by atoms with Gasteiger partial charge in [0.05, 0.1) is 38.0 Å². The van der Waals surface area contributed by atoms with Gasteiger partial charge in [-0.15, -0.1) is 0 Å². The first-order valence-electron chi connectivity index (χ1n) is 14.8. The van der Waals surface area contributed by atoms with E-state index in [1.807, 2.05) is 0 Å². The first-order chi connectivity index (χ1) is 24.0. The van der Waals surface area contributed by atoms with Crippen molar-refractivity contribution < 1.29 is 64.9 Å². The number of aromatic nitrogens is 7. The van der Waals surface area contributed by atoms with Crippen LogP contribution in [0.3, 0.4) is 0 Å². The summed E-state index contributed by atoms with van der Waals surface area (Å²) in [5.41, 5.74) is 10.8. The molecule has 21 nitrogen and oxygen atoms in total. The third kappa shape index (κ3) is 7.27. The lowest BCUT2D eigenvalue weighted by Gasteiger charge is -2.28. The van der Waals surface area contributed by atoms with Gasteiger partial charge in [-0.2, -0.15) is 18.2 Å². The highest BCUT2D eigenvalue weighted by atomic mass is 32.5. The van der Waals surface area contributed by atoms with Crippen LogP contribution < -0.4 is 17.0 Å². The number of ether oxygens (including phenoxy) is 3. The molecule has 2 bridgehead atoms. The van der Waals surface area contributed by atoms with Gasteiger partial charge in [-0.1, -0.05) is 0 Å². The van der Waals surface area contributed by atoms with E-state index in [0.717, 1.165) is 10.9 Å². The number of aliphatic hydroxyl groups is 1. The second-order valence-electron chi connectivity index (χ2n) is 11.5. The molecule has 27 heteroatoms. The number of hydrogen-bond acceptors (Lipinski definition) is 17. The van der Waals surface area contributed by atoms with E-state index in [9.17, 15) is 37.4 Å². The van der Waals surface area contributed by atoms with E-state index in [0.29, 0.717) is 5.39 Å². The highest BCUT2D eigenvalue weighted by molar-refractivity contribution is 8.07. The number of H-pyrrole nitrogens is 1. The Balaban J connectivity index is 1.23. The molecule has 8 N–H and O–H groups in total. The normalized spacial score (nSPS) is 35.0. The van der Waals surface area contributed by atoms with Gasteiger partial charge in [0, 0.05) is 6.20 Å². The number of nitrogen functional groups attached to an aromatic ring is 2. The minimum atomic E-state index is -5.17. The molecule has 3 saturated heterocycles. The molecule has 0 spiro atoms. The molecule has 0 saturated carbocycles. The maximum Gasteiger partial charge on any atom is 0.472 e. The second-order valence-corrected chi connectivity index (χ2v) is 15.7. The summed E-state index contributed by atoms with van der Waals surface area (Å²) in [7, 11) is -5.17. The van der Waals surface area contributed by atoms with Gasteiger partial charge in [0.25, 0.3) is 5.56 Å². The lowest BCUT2D eigenvalue weighted by molar-refractivity contribution is -0.155. The topological polar surface area (TPSA) is 289 Å². The number of fused-ring (bicyclic) bond motifs is 5. The van der Waals surface area contributed by atoms with Gasteiger partial charge in [0.2, 0.25) is 5.95 Å². The van der Waals surface area contributed by atoms with Crippen molar-refractivity contribution in [1.82, 2.24) is 34.1 Å². The Morgan fingerprint density at radius 1 is 1.04 bits per heavy atom. The van der Waals surface area contributed by atoms with Crippen molar-refractivity contribution in [3.05, 3.63) is 35.3 Å². The molecule has 278 valence electrons. The van der Waals surface area contributed by atoms with Crippen LogP contribution in [0.25, 0.3) is 22.2 Å². The van der Waals surface area contributed by atoms with E-state index in [1.54, 1.807) is 6.07 Å². The quantitative estimate of drug-likeness (QED) is 0.149. The van der Waals surface area contributed by atoms with Crippen molar-refractivity contribution in [1.29, 1.82) is 0 Å². The molecule has 7 rings (SSSR count). The Morgan fingerprint density at radius 3 is 2.55 bits per heavy atom. The zero-order chi connectivity index (χ0) is 36.5. The fourth-order valence-electron chi connectivity index (χ4n) is 5.93. The zero-order valence-corrected chi connectivity index (χ0v) is 28.2. The number of aromatic amines is 1. The van der Waals surface area contributed by atoms with Crippen molar-refractivity contribution in [2.75, 3.05) is 31.3 Å². The van der Waals surface area contributed by atoms with E-state index in [1.165, 1.54) is 17.1 Å². The molecule has 4 aromatic rings. The zero-order valence-electron chi connectivity index (χ0n) is 25.5. The number of anilines is 2. The molecule has 0 amide bonds. The van der Waals surface area contributed by atoms with Crippen LogP contribution in [0.15, 0.2) is 29.7 Å². The molecule has 0 radical (unpaired) electrons. The third-order valence-corrected chi connectivity index (χ3v) is 10.7. The number of imidazole rings is 1. The molecular formula is C24H28F3N9O12P2S. The smallest absolute Gasteiger partial charge is 0.386 e. The van der Waals surface area contributed by atoms with Gasteiger partial charge >= 0.3 is 20.7 Å². The summed E-state index contributed by atoms with van der Waals surface area (Å²) in [4.78, 5) is 52.9. The van der Waals surface area contributed by atoms with Crippen molar-refractivity contribution in [3.63, 3.8) is 0 Å². The molecule has 10 atom stereocenters. The van der Waals surface area contributed by atoms with E-state index in [2.05, 4.69) is 24.9 Å². The lowest BCUT2D eigenvalue weighted by atomic mass is 10.1. The molecule has 0 aliphatic carbocycles. The van der Waals surface area contributed by atoms with Gasteiger partial charge in [-0.3, -0.25) is 27.9 Å². The maximum atomic E-state index is 13.4. The van der Waals surface area contributed by atoms with Gasteiger partial charge < -0.3 is 49.7 Å². The number of aliphatic hydroxyl groups excluding tert-OH is 1. The summed E-state index contributed by atoms with van der Waals surface area (Å²) in [5, 5.41) is 11.7. The van der Waals surface area contributed by atoms with Gasteiger partial charge in [0.15, 0.2) is 23.6 Å².